The van der Waals surface area contributed by atoms with E-state index in [1.807, 2.05) is 80.6 Å². The molecule has 4 rings (SSSR count). The van der Waals surface area contributed by atoms with Crippen molar-refractivity contribution in [1.82, 2.24) is 5.32 Å². The zero-order chi connectivity index (χ0) is 32.7. The molecule has 0 aliphatic heterocycles. The summed E-state index contributed by atoms with van der Waals surface area (Å²) in [6.07, 6.45) is 3.68. The van der Waals surface area contributed by atoms with Gasteiger partial charge in [-0.1, -0.05) is 43.7 Å². The lowest BCUT2D eigenvalue weighted by Gasteiger charge is -2.14. The average molecular weight is 638 g/mol. The van der Waals surface area contributed by atoms with Gasteiger partial charge in [-0.2, -0.15) is 0 Å². The van der Waals surface area contributed by atoms with Gasteiger partial charge >= 0.3 is 0 Å². The molecule has 0 heterocycles. The first-order chi connectivity index (χ1) is 22.3. The number of thioether (sulfide) groups is 1. The fourth-order valence-electron chi connectivity index (χ4n) is 4.22. The number of amides is 3. The Morgan fingerprint density at radius 2 is 1.37 bits per heavy atom. The van der Waals surface area contributed by atoms with Crippen LogP contribution >= 0.6 is 11.8 Å². The summed E-state index contributed by atoms with van der Waals surface area (Å²) in [6.45, 7) is 7.08. The van der Waals surface area contributed by atoms with E-state index in [9.17, 15) is 14.4 Å². The molecule has 0 fully saturated rings. The first-order valence-electron chi connectivity index (χ1n) is 15.3. The van der Waals surface area contributed by atoms with Crippen molar-refractivity contribution in [2.45, 2.75) is 43.8 Å². The number of unbranched alkanes of at least 4 members (excludes halogenated alkanes) is 1. The molecule has 3 amide bonds. The second kappa shape index (κ2) is 17.5. The predicted octanol–water partition coefficient (Wildman–Crippen LogP) is 7.79. The van der Waals surface area contributed by atoms with Crippen molar-refractivity contribution in [2.24, 2.45) is 0 Å². The van der Waals surface area contributed by atoms with Gasteiger partial charge in [-0.25, -0.2) is 0 Å². The van der Waals surface area contributed by atoms with Gasteiger partial charge < -0.3 is 25.4 Å². The Balaban J connectivity index is 1.37. The number of hydrogen-bond donors (Lipinski definition) is 3. The standard InChI is InChI=1S/C37H39N3O5S/c1-4-6-24-45-32-20-14-29(15-21-32)38-35(41)26(3)46-33-22-16-30(17-23-33)39-37(43)34(40-36(42)28-10-8-7-9-11-28)25-27-12-18-31(19-13-27)44-5-2/h7-23,25-26H,4-6,24H2,1-3H3,(H,38,41)(H,39,43)(H,40,42)/b34-25-. The Kier molecular flexibility index (Phi) is 12.9. The second-order valence-corrected chi connectivity index (χ2v) is 11.7. The Morgan fingerprint density at radius 1 is 0.761 bits per heavy atom. The molecule has 8 nitrogen and oxygen atoms in total. The molecule has 46 heavy (non-hydrogen) atoms. The minimum atomic E-state index is -0.479. The molecule has 0 saturated heterocycles. The van der Waals surface area contributed by atoms with Gasteiger partial charge in [0.15, 0.2) is 0 Å². The molecule has 1 atom stereocenters. The van der Waals surface area contributed by atoms with E-state index in [4.69, 9.17) is 9.47 Å². The molecule has 0 saturated carbocycles. The molecule has 238 valence electrons. The number of anilines is 2. The quantitative estimate of drug-likeness (QED) is 0.0698. The first kappa shape index (κ1) is 33.9. The number of nitrogens with one attached hydrogen (secondary N) is 3. The zero-order valence-electron chi connectivity index (χ0n) is 26.2. The van der Waals surface area contributed by atoms with Crippen LogP contribution in [0.5, 0.6) is 11.5 Å². The Labute approximate surface area is 274 Å². The highest BCUT2D eigenvalue weighted by molar-refractivity contribution is 8.00. The monoisotopic (exact) mass is 637 g/mol. The number of hydrogen-bond acceptors (Lipinski definition) is 6. The number of benzene rings is 4. The zero-order valence-corrected chi connectivity index (χ0v) is 27.1. The van der Waals surface area contributed by atoms with Gasteiger partial charge in [-0.3, -0.25) is 14.4 Å². The van der Waals surface area contributed by atoms with Crippen LogP contribution in [0.4, 0.5) is 11.4 Å². The van der Waals surface area contributed by atoms with Crippen molar-refractivity contribution in [1.29, 1.82) is 0 Å². The Bertz CT molecular complexity index is 1610. The lowest BCUT2D eigenvalue weighted by atomic mass is 10.1. The van der Waals surface area contributed by atoms with Gasteiger partial charge in [-0.05, 0) is 105 Å². The molecule has 0 aliphatic carbocycles. The van der Waals surface area contributed by atoms with E-state index in [0.717, 1.165) is 29.1 Å². The van der Waals surface area contributed by atoms with E-state index < -0.39 is 11.8 Å². The van der Waals surface area contributed by atoms with E-state index in [1.54, 1.807) is 42.5 Å². The van der Waals surface area contributed by atoms with Gasteiger partial charge in [0.25, 0.3) is 11.8 Å². The van der Waals surface area contributed by atoms with Crippen molar-refractivity contribution in [3.05, 3.63) is 120 Å². The molecule has 3 N–H and O–H groups in total. The van der Waals surface area contributed by atoms with Crippen LogP contribution in [0.3, 0.4) is 0 Å². The number of carbonyl (C=O) groups is 3. The van der Waals surface area contributed by atoms with Crippen LogP contribution in [0, 0.1) is 0 Å². The summed E-state index contributed by atoms with van der Waals surface area (Å²) >= 11 is 1.41. The summed E-state index contributed by atoms with van der Waals surface area (Å²) in [6, 6.07) is 30.5. The SMILES string of the molecule is CCCCOc1ccc(NC(=O)C(C)Sc2ccc(NC(=O)/C(=C/c3ccc(OCC)cc3)NC(=O)c3ccccc3)cc2)cc1. The van der Waals surface area contributed by atoms with Gasteiger partial charge in [0.2, 0.25) is 5.91 Å². The number of rotatable bonds is 15. The average Bonchev–Trinajstić information content (AvgIpc) is 3.07. The summed E-state index contributed by atoms with van der Waals surface area (Å²) in [5.74, 6) is 0.487. The smallest absolute Gasteiger partial charge is 0.272 e. The molecule has 4 aromatic rings. The maximum Gasteiger partial charge on any atom is 0.272 e. The summed E-state index contributed by atoms with van der Waals surface area (Å²) in [4.78, 5) is 40.0. The van der Waals surface area contributed by atoms with E-state index >= 15 is 0 Å². The molecule has 0 bridgehead atoms. The Hall–Kier alpha value is -5.02. The van der Waals surface area contributed by atoms with Gasteiger partial charge in [-0.15, -0.1) is 11.8 Å². The minimum Gasteiger partial charge on any atom is -0.494 e. The first-order valence-corrected chi connectivity index (χ1v) is 16.1. The van der Waals surface area contributed by atoms with Crippen LogP contribution in [0.2, 0.25) is 0 Å². The molecule has 0 radical (unpaired) electrons. The van der Waals surface area contributed by atoms with E-state index in [2.05, 4.69) is 22.9 Å². The van der Waals surface area contributed by atoms with Crippen molar-refractivity contribution in [3.8, 4) is 11.5 Å². The maximum atomic E-state index is 13.4. The van der Waals surface area contributed by atoms with Crippen molar-refractivity contribution in [2.75, 3.05) is 23.8 Å². The van der Waals surface area contributed by atoms with Crippen LogP contribution in [0.1, 0.15) is 49.5 Å². The predicted molar refractivity (Wildman–Crippen MR) is 185 cm³/mol. The van der Waals surface area contributed by atoms with Crippen LogP contribution < -0.4 is 25.4 Å². The lowest BCUT2D eigenvalue weighted by molar-refractivity contribution is -0.115. The van der Waals surface area contributed by atoms with Crippen molar-refractivity contribution >= 4 is 46.9 Å². The van der Waals surface area contributed by atoms with Gasteiger partial charge in [0, 0.05) is 21.8 Å². The maximum absolute atomic E-state index is 13.4. The molecular weight excluding hydrogens is 598 g/mol. The largest absolute Gasteiger partial charge is 0.494 e. The minimum absolute atomic E-state index is 0.0855. The molecule has 0 spiro atoms. The summed E-state index contributed by atoms with van der Waals surface area (Å²) in [5.41, 5.74) is 2.48. The second-order valence-electron chi connectivity index (χ2n) is 10.3. The van der Waals surface area contributed by atoms with E-state index in [0.29, 0.717) is 35.9 Å². The third-order valence-corrected chi connectivity index (χ3v) is 7.83. The van der Waals surface area contributed by atoms with E-state index in [-0.39, 0.29) is 16.9 Å². The lowest BCUT2D eigenvalue weighted by Crippen LogP contribution is -2.30. The van der Waals surface area contributed by atoms with Crippen molar-refractivity contribution < 1.29 is 23.9 Å². The highest BCUT2D eigenvalue weighted by Crippen LogP contribution is 2.26. The number of ether oxygens (including phenoxy) is 2. The van der Waals surface area contributed by atoms with Crippen LogP contribution in [0.25, 0.3) is 6.08 Å². The summed E-state index contributed by atoms with van der Waals surface area (Å²) < 4.78 is 11.2. The topological polar surface area (TPSA) is 106 Å². The molecular formula is C37H39N3O5S. The fourth-order valence-corrected chi connectivity index (χ4v) is 5.09. The summed E-state index contributed by atoms with van der Waals surface area (Å²) in [7, 11) is 0. The molecule has 4 aromatic carbocycles. The normalized spacial score (nSPS) is 11.7. The summed E-state index contributed by atoms with van der Waals surface area (Å²) in [5, 5.41) is 8.19. The molecule has 9 heteroatoms. The third-order valence-electron chi connectivity index (χ3n) is 6.71. The number of carbonyl (C=O) groups excluding carboxylic acids is 3. The Morgan fingerprint density at radius 3 is 2.02 bits per heavy atom. The van der Waals surface area contributed by atoms with Crippen LogP contribution in [-0.4, -0.2) is 36.2 Å². The van der Waals surface area contributed by atoms with Crippen LogP contribution in [-0.2, 0) is 9.59 Å². The molecule has 0 aromatic heterocycles. The third kappa shape index (κ3) is 10.6. The van der Waals surface area contributed by atoms with Gasteiger partial charge in [0.05, 0.1) is 18.5 Å². The van der Waals surface area contributed by atoms with Crippen molar-refractivity contribution in [3.63, 3.8) is 0 Å². The highest BCUT2D eigenvalue weighted by atomic mass is 32.2. The fraction of sp³-hybridized carbons (Fsp3) is 0.216. The molecule has 1 unspecified atom stereocenters. The van der Waals surface area contributed by atoms with Gasteiger partial charge in [0.1, 0.15) is 17.2 Å². The van der Waals surface area contributed by atoms with Crippen LogP contribution in [0.15, 0.2) is 114 Å². The highest BCUT2D eigenvalue weighted by Gasteiger charge is 2.17. The molecule has 0 aliphatic rings. The van der Waals surface area contributed by atoms with E-state index in [1.165, 1.54) is 11.8 Å².